The van der Waals surface area contributed by atoms with Gasteiger partial charge in [-0.1, -0.05) is 30.3 Å². The molecule has 16 heavy (non-hydrogen) atoms. The first-order valence-electron chi connectivity index (χ1n) is 6.02. The van der Waals surface area contributed by atoms with Crippen LogP contribution < -0.4 is 0 Å². The van der Waals surface area contributed by atoms with Gasteiger partial charge in [-0.05, 0) is 25.2 Å². The Bertz CT molecular complexity index is 328. The third-order valence-electron chi connectivity index (χ3n) is 2.84. The molecule has 0 unspecified atom stereocenters. The quantitative estimate of drug-likeness (QED) is 0.519. The van der Waals surface area contributed by atoms with Crippen LogP contribution in [-0.4, -0.2) is 19.0 Å². The molecule has 0 amide bonds. The summed E-state index contributed by atoms with van der Waals surface area (Å²) < 4.78 is 5.49. The van der Waals surface area contributed by atoms with E-state index in [1.54, 1.807) is 0 Å². The summed E-state index contributed by atoms with van der Waals surface area (Å²) in [5.41, 5.74) is 0.810. The monoisotopic (exact) mass is 218 g/mol. The Labute approximate surface area is 96.6 Å². The number of rotatable bonds is 7. The summed E-state index contributed by atoms with van der Waals surface area (Å²) >= 11 is 0. The van der Waals surface area contributed by atoms with Crippen molar-refractivity contribution >= 4 is 5.78 Å². The fourth-order valence-electron chi connectivity index (χ4n) is 1.64. The Balaban J connectivity index is 1.60. The van der Waals surface area contributed by atoms with E-state index in [1.165, 1.54) is 12.8 Å². The summed E-state index contributed by atoms with van der Waals surface area (Å²) in [6.45, 7) is 1.61. The van der Waals surface area contributed by atoms with Crippen molar-refractivity contribution in [1.29, 1.82) is 0 Å². The highest BCUT2D eigenvalue weighted by molar-refractivity contribution is 5.95. The van der Waals surface area contributed by atoms with E-state index in [1.807, 2.05) is 30.3 Å². The Morgan fingerprint density at radius 1 is 1.25 bits per heavy atom. The molecule has 0 atom stereocenters. The van der Waals surface area contributed by atoms with Gasteiger partial charge in [-0.15, -0.1) is 0 Å². The van der Waals surface area contributed by atoms with Crippen LogP contribution >= 0.6 is 0 Å². The molecule has 0 N–H and O–H groups in total. The molecule has 1 aromatic carbocycles. The van der Waals surface area contributed by atoms with Gasteiger partial charge in [0.15, 0.2) is 5.78 Å². The van der Waals surface area contributed by atoms with Gasteiger partial charge in [0.05, 0.1) is 0 Å². The number of hydrogen-bond acceptors (Lipinski definition) is 2. The van der Waals surface area contributed by atoms with Gasteiger partial charge in [0.25, 0.3) is 0 Å². The summed E-state index contributed by atoms with van der Waals surface area (Å²) in [6, 6.07) is 9.46. The Morgan fingerprint density at radius 2 is 2.00 bits per heavy atom. The molecule has 1 fully saturated rings. The van der Waals surface area contributed by atoms with Gasteiger partial charge in [0.1, 0.15) is 0 Å². The zero-order valence-electron chi connectivity index (χ0n) is 9.52. The summed E-state index contributed by atoms with van der Waals surface area (Å²) in [5.74, 6) is 1.03. The third-order valence-corrected chi connectivity index (χ3v) is 2.84. The fourth-order valence-corrected chi connectivity index (χ4v) is 1.64. The minimum atomic E-state index is 0.218. The van der Waals surface area contributed by atoms with Crippen LogP contribution in [0.5, 0.6) is 0 Å². The number of hydrogen-bond donors (Lipinski definition) is 0. The molecule has 0 radical (unpaired) electrons. The molecule has 2 nitrogen and oxygen atoms in total. The van der Waals surface area contributed by atoms with E-state index < -0.39 is 0 Å². The Hall–Kier alpha value is -1.15. The van der Waals surface area contributed by atoms with E-state index in [4.69, 9.17) is 4.74 Å². The van der Waals surface area contributed by atoms with Crippen LogP contribution in [0.3, 0.4) is 0 Å². The maximum atomic E-state index is 11.7. The highest BCUT2D eigenvalue weighted by Gasteiger charge is 2.20. The summed E-state index contributed by atoms with van der Waals surface area (Å²) in [7, 11) is 0. The Kier molecular flexibility index (Phi) is 4.11. The predicted molar refractivity (Wildman–Crippen MR) is 63.5 cm³/mol. The molecule has 0 spiro atoms. The van der Waals surface area contributed by atoms with E-state index in [0.717, 1.165) is 31.1 Å². The highest BCUT2D eigenvalue weighted by atomic mass is 16.5. The van der Waals surface area contributed by atoms with Crippen molar-refractivity contribution in [1.82, 2.24) is 0 Å². The van der Waals surface area contributed by atoms with Crippen LogP contribution in [0.25, 0.3) is 0 Å². The average Bonchev–Trinajstić information content (AvgIpc) is 3.13. The fraction of sp³-hybridized carbons (Fsp3) is 0.500. The standard InChI is InChI=1S/C14H18O2/c15-14(13-5-2-1-3-6-13)7-4-10-16-11-12-8-9-12/h1-3,5-6,12H,4,7-11H2. The van der Waals surface area contributed by atoms with Crippen molar-refractivity contribution in [2.45, 2.75) is 25.7 Å². The number of ketones is 1. The van der Waals surface area contributed by atoms with E-state index in [0.29, 0.717) is 6.42 Å². The van der Waals surface area contributed by atoms with Crippen molar-refractivity contribution in [3.8, 4) is 0 Å². The summed E-state index contributed by atoms with van der Waals surface area (Å²) in [6.07, 6.45) is 4.07. The number of benzene rings is 1. The van der Waals surface area contributed by atoms with Gasteiger partial charge >= 0.3 is 0 Å². The lowest BCUT2D eigenvalue weighted by atomic mass is 10.1. The molecule has 0 bridgehead atoms. The van der Waals surface area contributed by atoms with E-state index in [-0.39, 0.29) is 5.78 Å². The first-order chi connectivity index (χ1) is 7.86. The molecule has 0 aliphatic heterocycles. The zero-order chi connectivity index (χ0) is 11.2. The number of carbonyl (C=O) groups excluding carboxylic acids is 1. The van der Waals surface area contributed by atoms with Crippen LogP contribution in [0.1, 0.15) is 36.0 Å². The lowest BCUT2D eigenvalue weighted by Gasteiger charge is -2.02. The second kappa shape index (κ2) is 5.80. The van der Waals surface area contributed by atoms with Gasteiger partial charge in [0.2, 0.25) is 0 Å². The molecule has 0 saturated heterocycles. The van der Waals surface area contributed by atoms with Crippen LogP contribution in [-0.2, 0) is 4.74 Å². The van der Waals surface area contributed by atoms with Gasteiger partial charge in [-0.3, -0.25) is 4.79 Å². The summed E-state index contributed by atoms with van der Waals surface area (Å²) in [4.78, 5) is 11.7. The molecule has 1 aliphatic carbocycles. The van der Waals surface area contributed by atoms with Gasteiger partial charge in [-0.2, -0.15) is 0 Å². The topological polar surface area (TPSA) is 26.3 Å². The van der Waals surface area contributed by atoms with E-state index >= 15 is 0 Å². The molecule has 0 heterocycles. The predicted octanol–water partition coefficient (Wildman–Crippen LogP) is 3.08. The van der Waals surface area contributed by atoms with Crippen molar-refractivity contribution in [3.05, 3.63) is 35.9 Å². The third kappa shape index (κ3) is 3.78. The molecular weight excluding hydrogens is 200 g/mol. The lowest BCUT2D eigenvalue weighted by molar-refractivity contribution is 0.0926. The van der Waals surface area contributed by atoms with E-state index in [2.05, 4.69) is 0 Å². The minimum absolute atomic E-state index is 0.218. The van der Waals surface area contributed by atoms with Gasteiger partial charge in [0, 0.05) is 25.2 Å². The number of carbonyl (C=O) groups is 1. The summed E-state index contributed by atoms with van der Waals surface area (Å²) in [5, 5.41) is 0. The number of Topliss-reactive ketones (excluding diaryl/α,β-unsaturated/α-hetero) is 1. The maximum Gasteiger partial charge on any atom is 0.162 e. The zero-order valence-corrected chi connectivity index (χ0v) is 9.52. The van der Waals surface area contributed by atoms with Gasteiger partial charge in [-0.25, -0.2) is 0 Å². The smallest absolute Gasteiger partial charge is 0.162 e. The van der Waals surface area contributed by atoms with Crippen molar-refractivity contribution in [2.24, 2.45) is 5.92 Å². The second-order valence-electron chi connectivity index (χ2n) is 4.41. The lowest BCUT2D eigenvalue weighted by Crippen LogP contribution is -2.03. The molecule has 1 aliphatic rings. The Morgan fingerprint density at radius 3 is 2.69 bits per heavy atom. The molecule has 1 saturated carbocycles. The maximum absolute atomic E-state index is 11.7. The van der Waals surface area contributed by atoms with Crippen LogP contribution in [0.4, 0.5) is 0 Å². The molecule has 86 valence electrons. The van der Waals surface area contributed by atoms with Crippen molar-refractivity contribution in [3.63, 3.8) is 0 Å². The number of ether oxygens (including phenoxy) is 1. The molecule has 2 rings (SSSR count). The molecular formula is C14H18O2. The molecule has 2 heteroatoms. The highest BCUT2D eigenvalue weighted by Crippen LogP contribution is 2.28. The van der Waals surface area contributed by atoms with Crippen molar-refractivity contribution in [2.75, 3.05) is 13.2 Å². The van der Waals surface area contributed by atoms with Crippen LogP contribution in [0.2, 0.25) is 0 Å². The minimum Gasteiger partial charge on any atom is -0.381 e. The first-order valence-corrected chi connectivity index (χ1v) is 6.02. The average molecular weight is 218 g/mol. The van der Waals surface area contributed by atoms with E-state index in [9.17, 15) is 4.79 Å². The van der Waals surface area contributed by atoms with Gasteiger partial charge < -0.3 is 4.74 Å². The normalized spacial score (nSPS) is 15.0. The van der Waals surface area contributed by atoms with Crippen LogP contribution in [0, 0.1) is 5.92 Å². The van der Waals surface area contributed by atoms with Crippen LogP contribution in [0.15, 0.2) is 30.3 Å². The second-order valence-corrected chi connectivity index (χ2v) is 4.41. The SMILES string of the molecule is O=C(CCCOCC1CC1)c1ccccc1. The molecule has 1 aromatic rings. The first kappa shape index (κ1) is 11.3. The van der Waals surface area contributed by atoms with Crippen molar-refractivity contribution < 1.29 is 9.53 Å². The largest absolute Gasteiger partial charge is 0.381 e. The molecule has 0 aromatic heterocycles.